The number of para-hydroxylation sites is 1. The molecule has 1 aromatic heterocycles. The Morgan fingerprint density at radius 3 is 2.35 bits per heavy atom. The van der Waals surface area contributed by atoms with E-state index in [1.807, 2.05) is 49.1 Å². The number of nitriles is 1. The molecular weight excluding hydrogens is 570 g/mol. The van der Waals surface area contributed by atoms with Crippen LogP contribution in [0.25, 0.3) is 0 Å². The van der Waals surface area contributed by atoms with E-state index < -0.39 is 9.84 Å². The van der Waals surface area contributed by atoms with Gasteiger partial charge in [-0.1, -0.05) is 18.2 Å². The lowest BCUT2D eigenvalue weighted by molar-refractivity contribution is 0.0992. The van der Waals surface area contributed by atoms with Gasteiger partial charge in [0.2, 0.25) is 0 Å². The first-order chi connectivity index (χ1) is 20.7. The smallest absolute Gasteiger partial charge is 0.179 e. The number of benzene rings is 2. The zero-order chi connectivity index (χ0) is 31.2. The maximum absolute atomic E-state index is 12.9. The number of rotatable bonds is 17. The molecule has 13 heteroatoms. The van der Waals surface area contributed by atoms with Crippen molar-refractivity contribution >= 4 is 38.5 Å². The number of nitrogens with zero attached hydrogens (tertiary/aromatic N) is 5. The molecule has 0 aliphatic carbocycles. The Morgan fingerprint density at radius 1 is 1.00 bits per heavy atom. The number of hydrogen-bond acceptors (Lipinski definition) is 12. The molecule has 3 rings (SSSR count). The van der Waals surface area contributed by atoms with Crippen molar-refractivity contribution in [2.24, 2.45) is 10.2 Å². The summed E-state index contributed by atoms with van der Waals surface area (Å²) in [6.07, 6.45) is 0. The van der Waals surface area contributed by atoms with Crippen molar-refractivity contribution in [3.8, 4) is 6.07 Å². The quantitative estimate of drug-likeness (QED) is 0.128. The van der Waals surface area contributed by atoms with Gasteiger partial charge in [0.1, 0.15) is 17.6 Å². The molecule has 0 radical (unpaired) electrons. The first kappa shape index (κ1) is 33.6. The van der Waals surface area contributed by atoms with E-state index in [9.17, 15) is 18.8 Å². The maximum atomic E-state index is 12.9. The average molecular weight is 610 g/mol. The van der Waals surface area contributed by atoms with Crippen molar-refractivity contribution < 1.29 is 23.4 Å². The molecule has 230 valence electrons. The van der Waals surface area contributed by atoms with Crippen LogP contribution >= 0.6 is 0 Å². The number of azo groups is 1. The Bertz CT molecular complexity index is 1490. The third-order valence-corrected chi connectivity index (χ3v) is 8.27. The highest BCUT2D eigenvalue weighted by atomic mass is 32.2. The van der Waals surface area contributed by atoms with Crippen molar-refractivity contribution in [2.45, 2.75) is 31.7 Å². The van der Waals surface area contributed by atoms with Crippen molar-refractivity contribution in [2.75, 3.05) is 62.4 Å². The van der Waals surface area contributed by atoms with Crippen molar-refractivity contribution in [3.63, 3.8) is 0 Å². The molecule has 0 saturated heterocycles. The summed E-state index contributed by atoms with van der Waals surface area (Å²) in [4.78, 5) is 6.72. The maximum Gasteiger partial charge on any atom is 0.179 e. The minimum absolute atomic E-state index is 0.0367. The van der Waals surface area contributed by atoms with Crippen LogP contribution in [0.4, 0.5) is 28.7 Å². The Labute approximate surface area is 253 Å². The summed E-state index contributed by atoms with van der Waals surface area (Å²) in [5, 5.41) is 43.2. The molecule has 2 aromatic carbocycles. The fourth-order valence-corrected chi connectivity index (χ4v) is 5.44. The van der Waals surface area contributed by atoms with E-state index in [0.717, 1.165) is 5.69 Å². The molecule has 3 aromatic rings. The number of aliphatic hydroxyl groups excluding tert-OH is 2. The number of hydrogen-bond donors (Lipinski definition) is 4. The SMILES string of the molecule is Cc1c(C#N)c(NCCOCCO)nc(Nc2ccccc2)c1N=Nc1ccc(S(=O)(=O)CCN(CCO)C(C)C)cc1. The Kier molecular flexibility index (Phi) is 13.0. The minimum Gasteiger partial charge on any atom is -0.395 e. The highest BCUT2D eigenvalue weighted by Gasteiger charge is 2.19. The second-order valence-electron chi connectivity index (χ2n) is 9.89. The molecular formula is C30H39N7O5S. The Hall–Kier alpha value is -3.93. The van der Waals surface area contributed by atoms with Crippen LogP contribution in [0.1, 0.15) is 25.0 Å². The molecule has 1 heterocycles. The van der Waals surface area contributed by atoms with E-state index in [4.69, 9.17) is 9.84 Å². The summed E-state index contributed by atoms with van der Waals surface area (Å²) in [7, 11) is -3.55. The molecule has 0 saturated carbocycles. The molecule has 0 unspecified atom stereocenters. The normalized spacial score (nSPS) is 11.8. The van der Waals surface area contributed by atoms with Gasteiger partial charge in [-0.2, -0.15) is 10.4 Å². The van der Waals surface area contributed by atoms with Crippen LogP contribution in [0.15, 0.2) is 69.7 Å². The van der Waals surface area contributed by atoms with Crippen LogP contribution in [0, 0.1) is 18.3 Å². The van der Waals surface area contributed by atoms with Gasteiger partial charge in [0.05, 0.1) is 48.3 Å². The van der Waals surface area contributed by atoms with Gasteiger partial charge in [-0.3, -0.25) is 4.90 Å². The third kappa shape index (κ3) is 9.81. The lowest BCUT2D eigenvalue weighted by Crippen LogP contribution is -2.37. The molecule has 43 heavy (non-hydrogen) atoms. The molecule has 4 N–H and O–H groups in total. The van der Waals surface area contributed by atoms with Crippen LogP contribution in [0.2, 0.25) is 0 Å². The second-order valence-corrected chi connectivity index (χ2v) is 12.0. The fraction of sp³-hybridized carbons (Fsp3) is 0.400. The zero-order valence-electron chi connectivity index (χ0n) is 24.7. The van der Waals surface area contributed by atoms with Crippen molar-refractivity contribution in [3.05, 3.63) is 65.7 Å². The van der Waals surface area contributed by atoms with Gasteiger partial charge in [0, 0.05) is 36.9 Å². The lowest BCUT2D eigenvalue weighted by Gasteiger charge is -2.25. The first-order valence-corrected chi connectivity index (χ1v) is 15.6. The van der Waals surface area contributed by atoms with Gasteiger partial charge in [-0.25, -0.2) is 13.4 Å². The molecule has 0 bridgehead atoms. The number of ether oxygens (including phenoxy) is 1. The van der Waals surface area contributed by atoms with Gasteiger partial charge in [-0.15, -0.1) is 5.11 Å². The summed E-state index contributed by atoms with van der Waals surface area (Å²) in [5.74, 6) is 0.660. The minimum atomic E-state index is -3.55. The number of aliphatic hydroxyl groups is 2. The van der Waals surface area contributed by atoms with Gasteiger partial charge >= 0.3 is 0 Å². The second kappa shape index (κ2) is 16.6. The fourth-order valence-electron chi connectivity index (χ4n) is 4.17. The molecule has 0 aliphatic heterocycles. The van der Waals surface area contributed by atoms with E-state index in [1.165, 1.54) is 12.1 Å². The number of aromatic nitrogens is 1. The highest BCUT2D eigenvalue weighted by molar-refractivity contribution is 7.91. The number of sulfone groups is 1. The standard InChI is InChI=1S/C30H39N7O5S/c1-22(2)37(14-16-38)15-20-43(40,41)26-11-9-25(10-12-26)35-36-28-23(3)27(21-31)29(32-13-18-42-19-17-39)34-30(28)33-24-7-5-4-6-8-24/h4-12,22,38-39H,13-20H2,1-3H3,(H2,32,33,34). The van der Waals surface area contributed by atoms with Gasteiger partial charge in [-0.05, 0) is 57.2 Å². The molecule has 0 spiro atoms. The van der Waals surface area contributed by atoms with E-state index in [0.29, 0.717) is 60.4 Å². The van der Waals surface area contributed by atoms with E-state index in [1.54, 1.807) is 19.1 Å². The van der Waals surface area contributed by atoms with Crippen LogP contribution < -0.4 is 10.6 Å². The van der Waals surface area contributed by atoms with Gasteiger partial charge in [0.15, 0.2) is 15.7 Å². The Morgan fingerprint density at radius 2 is 1.72 bits per heavy atom. The number of nitrogens with one attached hydrogen (secondary N) is 2. The van der Waals surface area contributed by atoms with Crippen LogP contribution in [-0.4, -0.2) is 86.4 Å². The zero-order valence-corrected chi connectivity index (χ0v) is 25.5. The van der Waals surface area contributed by atoms with E-state index in [2.05, 4.69) is 31.9 Å². The van der Waals surface area contributed by atoms with Crippen LogP contribution in [0.3, 0.4) is 0 Å². The summed E-state index contributed by atoms with van der Waals surface area (Å²) < 4.78 is 31.2. The molecule has 0 amide bonds. The van der Waals surface area contributed by atoms with Gasteiger partial charge in [0.25, 0.3) is 0 Å². The van der Waals surface area contributed by atoms with Crippen LogP contribution in [-0.2, 0) is 14.6 Å². The third-order valence-electron chi connectivity index (χ3n) is 6.56. The van der Waals surface area contributed by atoms with Crippen molar-refractivity contribution in [1.82, 2.24) is 9.88 Å². The average Bonchev–Trinajstić information content (AvgIpc) is 2.99. The molecule has 12 nitrogen and oxygen atoms in total. The topological polar surface area (TPSA) is 173 Å². The molecule has 0 fully saturated rings. The lowest BCUT2D eigenvalue weighted by atomic mass is 10.1. The monoisotopic (exact) mass is 609 g/mol. The highest BCUT2D eigenvalue weighted by Crippen LogP contribution is 2.36. The largest absolute Gasteiger partial charge is 0.395 e. The van der Waals surface area contributed by atoms with Crippen LogP contribution in [0.5, 0.6) is 0 Å². The van der Waals surface area contributed by atoms with E-state index in [-0.39, 0.29) is 36.5 Å². The number of anilines is 3. The molecule has 0 aliphatic rings. The summed E-state index contributed by atoms with van der Waals surface area (Å²) in [5.41, 5.74) is 2.40. The summed E-state index contributed by atoms with van der Waals surface area (Å²) in [6, 6.07) is 17.8. The van der Waals surface area contributed by atoms with Gasteiger partial charge < -0.3 is 25.6 Å². The predicted molar refractivity (Wildman–Crippen MR) is 166 cm³/mol. The predicted octanol–water partition coefficient (Wildman–Crippen LogP) is 4.32. The number of pyridine rings is 1. The van der Waals surface area contributed by atoms with E-state index >= 15 is 0 Å². The Balaban J connectivity index is 1.87. The van der Waals surface area contributed by atoms with Crippen molar-refractivity contribution in [1.29, 1.82) is 5.26 Å². The summed E-state index contributed by atoms with van der Waals surface area (Å²) >= 11 is 0. The first-order valence-electron chi connectivity index (χ1n) is 14.0. The summed E-state index contributed by atoms with van der Waals surface area (Å²) in [6.45, 7) is 7.19. The molecule has 0 atom stereocenters.